The quantitative estimate of drug-likeness (QED) is 0.453. The molecule has 5 nitrogen and oxygen atoms in total. The fraction of sp³-hybridized carbons (Fsp3) is 0.867. The third-order valence-electron chi connectivity index (χ3n) is 3.53. The minimum atomic E-state index is -1.30. The highest BCUT2D eigenvalue weighted by Crippen LogP contribution is 2.18. The maximum absolute atomic E-state index is 11.0. The number of hydrogen-bond acceptors (Lipinski definition) is 3. The van der Waals surface area contributed by atoms with E-state index in [1.165, 1.54) is 25.7 Å². The van der Waals surface area contributed by atoms with E-state index in [-0.39, 0.29) is 0 Å². The lowest BCUT2D eigenvalue weighted by molar-refractivity contribution is -0.148. The molecule has 0 amide bonds. The Morgan fingerprint density at radius 1 is 0.900 bits per heavy atom. The molecule has 0 aliphatic heterocycles. The Morgan fingerprint density at radius 3 is 1.85 bits per heavy atom. The molecule has 0 saturated heterocycles. The average molecular weight is 288 g/mol. The summed E-state index contributed by atoms with van der Waals surface area (Å²) < 4.78 is 0. The molecule has 20 heavy (non-hydrogen) atoms. The van der Waals surface area contributed by atoms with Crippen LogP contribution in [0, 0.1) is 5.92 Å². The molecule has 0 unspecified atom stereocenters. The van der Waals surface area contributed by atoms with E-state index in [2.05, 4.69) is 6.92 Å². The van der Waals surface area contributed by atoms with Crippen LogP contribution < -0.4 is 0 Å². The first-order valence-corrected chi connectivity index (χ1v) is 7.61. The zero-order chi connectivity index (χ0) is 15.4. The summed E-state index contributed by atoms with van der Waals surface area (Å²) in [6, 6.07) is 0. The van der Waals surface area contributed by atoms with E-state index < -0.39 is 30.4 Å². The summed E-state index contributed by atoms with van der Waals surface area (Å²) in [6.07, 6.45) is 7.41. The Morgan fingerprint density at radius 2 is 1.40 bits per heavy atom. The molecule has 5 heteroatoms. The molecular formula is C15H28O5. The molecule has 118 valence electrons. The molecule has 0 aromatic rings. The van der Waals surface area contributed by atoms with Crippen molar-refractivity contribution in [3.05, 3.63) is 0 Å². The Hall–Kier alpha value is -1.10. The molecule has 0 spiro atoms. The summed E-state index contributed by atoms with van der Waals surface area (Å²) >= 11 is 0. The van der Waals surface area contributed by atoms with Crippen molar-refractivity contribution in [2.45, 2.75) is 77.2 Å². The first kappa shape index (κ1) is 18.9. The van der Waals surface area contributed by atoms with Crippen molar-refractivity contribution in [1.82, 2.24) is 0 Å². The maximum Gasteiger partial charge on any atom is 0.309 e. The predicted molar refractivity (Wildman–Crippen MR) is 76.6 cm³/mol. The van der Waals surface area contributed by atoms with E-state index in [9.17, 15) is 14.7 Å². The van der Waals surface area contributed by atoms with Gasteiger partial charge >= 0.3 is 11.9 Å². The zero-order valence-electron chi connectivity index (χ0n) is 12.4. The summed E-state index contributed by atoms with van der Waals surface area (Å²) in [4.78, 5) is 21.5. The summed E-state index contributed by atoms with van der Waals surface area (Å²) in [6.45, 7) is 2.18. The van der Waals surface area contributed by atoms with Crippen LogP contribution in [-0.4, -0.2) is 33.4 Å². The predicted octanol–water partition coefficient (Wildman–Crippen LogP) is 3.05. The van der Waals surface area contributed by atoms with Gasteiger partial charge in [-0.3, -0.25) is 9.59 Å². The summed E-state index contributed by atoms with van der Waals surface area (Å²) in [5.74, 6) is -3.24. The van der Waals surface area contributed by atoms with Crippen molar-refractivity contribution >= 4 is 11.9 Å². The number of unbranched alkanes of at least 4 members (excludes halogenated alkanes) is 7. The number of aliphatic hydroxyl groups excluding tert-OH is 1. The molecule has 0 aromatic heterocycles. The summed E-state index contributed by atoms with van der Waals surface area (Å²) in [5, 5.41) is 27.2. The van der Waals surface area contributed by atoms with Crippen molar-refractivity contribution in [3.8, 4) is 0 Å². The molecule has 3 N–H and O–H groups in total. The summed E-state index contributed by atoms with van der Waals surface area (Å²) in [5.41, 5.74) is 0. The molecule has 0 fully saturated rings. The second-order valence-electron chi connectivity index (χ2n) is 5.37. The number of rotatable bonds is 13. The van der Waals surface area contributed by atoms with Gasteiger partial charge in [0.15, 0.2) is 0 Å². The molecule has 0 rings (SSSR count). The van der Waals surface area contributed by atoms with Gasteiger partial charge in [-0.05, 0) is 6.42 Å². The second kappa shape index (κ2) is 11.7. The van der Waals surface area contributed by atoms with Gasteiger partial charge in [0.05, 0.1) is 18.4 Å². The number of aliphatic carboxylic acids is 2. The van der Waals surface area contributed by atoms with Crippen LogP contribution in [0.4, 0.5) is 0 Å². The maximum atomic E-state index is 11.0. The van der Waals surface area contributed by atoms with E-state index in [1.54, 1.807) is 0 Å². The molecule has 0 aromatic carbocycles. The Kier molecular flexibility index (Phi) is 11.1. The highest BCUT2D eigenvalue weighted by atomic mass is 16.4. The topological polar surface area (TPSA) is 94.8 Å². The zero-order valence-corrected chi connectivity index (χ0v) is 12.4. The molecule has 0 saturated carbocycles. The van der Waals surface area contributed by atoms with Crippen molar-refractivity contribution in [2.75, 3.05) is 0 Å². The highest BCUT2D eigenvalue weighted by molar-refractivity contribution is 5.73. The Labute approximate surface area is 121 Å². The molecule has 0 radical (unpaired) electrons. The lowest BCUT2D eigenvalue weighted by Crippen LogP contribution is -2.30. The fourth-order valence-corrected chi connectivity index (χ4v) is 2.30. The van der Waals surface area contributed by atoms with Crippen LogP contribution in [0.3, 0.4) is 0 Å². The first-order chi connectivity index (χ1) is 9.49. The number of carboxylic acids is 2. The van der Waals surface area contributed by atoms with Crippen molar-refractivity contribution in [3.63, 3.8) is 0 Å². The monoisotopic (exact) mass is 288 g/mol. The van der Waals surface area contributed by atoms with Gasteiger partial charge in [-0.2, -0.15) is 0 Å². The van der Waals surface area contributed by atoms with E-state index in [1.807, 2.05) is 0 Å². The third-order valence-corrected chi connectivity index (χ3v) is 3.53. The standard InChI is InChI=1S/C15H28O5/c1-2-3-4-5-6-7-8-9-10-12(15(19)20)13(16)11-14(17)18/h12-13,16H,2-11H2,1H3,(H,17,18)(H,19,20)/t12-,13+/m1/s1. The number of hydrogen-bond donors (Lipinski definition) is 3. The van der Waals surface area contributed by atoms with Crippen LogP contribution >= 0.6 is 0 Å². The van der Waals surface area contributed by atoms with E-state index in [0.717, 1.165) is 25.7 Å². The number of aliphatic hydroxyl groups is 1. The van der Waals surface area contributed by atoms with E-state index in [0.29, 0.717) is 6.42 Å². The first-order valence-electron chi connectivity index (χ1n) is 7.61. The minimum absolute atomic E-state index is 0.346. The van der Waals surface area contributed by atoms with Crippen LogP contribution in [0.2, 0.25) is 0 Å². The number of carboxylic acid groups (broad SMARTS) is 2. The summed E-state index contributed by atoms with van der Waals surface area (Å²) in [7, 11) is 0. The van der Waals surface area contributed by atoms with Crippen LogP contribution in [0.1, 0.15) is 71.1 Å². The van der Waals surface area contributed by atoms with Gasteiger partial charge in [-0.1, -0.05) is 58.3 Å². The molecular weight excluding hydrogens is 260 g/mol. The minimum Gasteiger partial charge on any atom is -0.481 e. The van der Waals surface area contributed by atoms with E-state index >= 15 is 0 Å². The van der Waals surface area contributed by atoms with Crippen molar-refractivity contribution < 1.29 is 24.9 Å². The van der Waals surface area contributed by atoms with Crippen LogP contribution in [0.15, 0.2) is 0 Å². The smallest absolute Gasteiger partial charge is 0.309 e. The lowest BCUT2D eigenvalue weighted by atomic mass is 9.93. The average Bonchev–Trinajstić information content (AvgIpc) is 2.35. The van der Waals surface area contributed by atoms with Gasteiger partial charge in [0.25, 0.3) is 0 Å². The Bertz CT molecular complexity index is 277. The van der Waals surface area contributed by atoms with Gasteiger partial charge in [-0.25, -0.2) is 0 Å². The highest BCUT2D eigenvalue weighted by Gasteiger charge is 2.27. The normalized spacial score (nSPS) is 13.9. The lowest BCUT2D eigenvalue weighted by Gasteiger charge is -2.17. The van der Waals surface area contributed by atoms with Crippen molar-refractivity contribution in [1.29, 1.82) is 0 Å². The molecule has 2 atom stereocenters. The molecule has 0 aliphatic rings. The van der Waals surface area contributed by atoms with Gasteiger partial charge in [0.1, 0.15) is 0 Å². The van der Waals surface area contributed by atoms with Gasteiger partial charge in [0, 0.05) is 0 Å². The Balaban J connectivity index is 3.76. The second-order valence-corrected chi connectivity index (χ2v) is 5.37. The van der Waals surface area contributed by atoms with Crippen LogP contribution in [-0.2, 0) is 9.59 Å². The largest absolute Gasteiger partial charge is 0.481 e. The SMILES string of the molecule is CCCCCCCCCC[C@@H](C(=O)O)[C@@H](O)CC(=O)O. The van der Waals surface area contributed by atoms with Crippen molar-refractivity contribution in [2.24, 2.45) is 5.92 Å². The van der Waals surface area contributed by atoms with Crippen LogP contribution in [0.25, 0.3) is 0 Å². The van der Waals surface area contributed by atoms with E-state index in [4.69, 9.17) is 10.2 Å². The van der Waals surface area contributed by atoms with Gasteiger partial charge in [-0.15, -0.1) is 0 Å². The molecule has 0 bridgehead atoms. The molecule has 0 heterocycles. The fourth-order valence-electron chi connectivity index (χ4n) is 2.30. The third kappa shape index (κ3) is 9.78. The number of carbonyl (C=O) groups is 2. The van der Waals surface area contributed by atoms with Crippen LogP contribution in [0.5, 0.6) is 0 Å². The van der Waals surface area contributed by atoms with Gasteiger partial charge < -0.3 is 15.3 Å². The van der Waals surface area contributed by atoms with Gasteiger partial charge in [0.2, 0.25) is 0 Å². The molecule has 0 aliphatic carbocycles.